The molecule has 0 saturated heterocycles. The van der Waals surface area contributed by atoms with Gasteiger partial charge in [0, 0.05) is 0 Å². The second kappa shape index (κ2) is 5.81. The molecule has 14 heavy (non-hydrogen) atoms. The van der Waals surface area contributed by atoms with Crippen LogP contribution in [0, 0.1) is 0 Å². The summed E-state index contributed by atoms with van der Waals surface area (Å²) < 4.78 is 5.11. The fourth-order valence-corrected chi connectivity index (χ4v) is 0.858. The second-order valence-corrected chi connectivity index (χ2v) is 4.28. The Bertz CT molecular complexity index is 204. The summed E-state index contributed by atoms with van der Waals surface area (Å²) in [5.41, 5.74) is 5.14. The zero-order chi connectivity index (χ0) is 11.2. The molecular weight excluding hydrogens is 178 g/mol. The number of hydrogen-bond donors (Lipinski definition) is 1. The summed E-state index contributed by atoms with van der Waals surface area (Å²) in [6.45, 7) is 7.55. The van der Waals surface area contributed by atoms with Gasteiger partial charge in [-0.2, -0.15) is 0 Å². The number of allylic oxidation sites excluding steroid dienone is 1. The minimum atomic E-state index is -0.638. The van der Waals surface area contributed by atoms with Crippen LogP contribution in [0.5, 0.6) is 0 Å². The van der Waals surface area contributed by atoms with Gasteiger partial charge in [-0.3, -0.25) is 0 Å². The Labute approximate surface area is 86.3 Å². The first kappa shape index (κ1) is 13.2. The molecule has 0 rings (SSSR count). The van der Waals surface area contributed by atoms with Gasteiger partial charge in [-0.1, -0.05) is 25.5 Å². The molecule has 0 aromatic rings. The molecule has 0 saturated carbocycles. The molecule has 82 valence electrons. The van der Waals surface area contributed by atoms with E-state index in [1.807, 2.05) is 26.8 Å². The van der Waals surface area contributed by atoms with Crippen molar-refractivity contribution < 1.29 is 9.53 Å². The summed E-state index contributed by atoms with van der Waals surface area (Å²) in [6.07, 6.45) is 5.60. The highest BCUT2D eigenvalue weighted by atomic mass is 16.6. The van der Waals surface area contributed by atoms with Crippen molar-refractivity contribution in [3.8, 4) is 0 Å². The van der Waals surface area contributed by atoms with Crippen LogP contribution in [-0.2, 0) is 9.53 Å². The normalized spacial score (nSPS) is 14.4. The van der Waals surface area contributed by atoms with Crippen LogP contribution in [0.4, 0.5) is 0 Å². The van der Waals surface area contributed by atoms with Crippen molar-refractivity contribution in [2.75, 3.05) is 0 Å². The van der Waals surface area contributed by atoms with Gasteiger partial charge in [0.1, 0.15) is 11.6 Å². The lowest BCUT2D eigenvalue weighted by atomic mass is 10.2. The van der Waals surface area contributed by atoms with Gasteiger partial charge >= 0.3 is 5.97 Å². The van der Waals surface area contributed by atoms with Gasteiger partial charge in [0.05, 0.1) is 0 Å². The van der Waals surface area contributed by atoms with Crippen LogP contribution >= 0.6 is 0 Å². The van der Waals surface area contributed by atoms with E-state index in [1.165, 1.54) is 0 Å². The van der Waals surface area contributed by atoms with Crippen molar-refractivity contribution in [1.29, 1.82) is 0 Å². The Balaban J connectivity index is 4.00. The van der Waals surface area contributed by atoms with Crippen molar-refractivity contribution in [3.63, 3.8) is 0 Å². The summed E-state index contributed by atoms with van der Waals surface area (Å²) in [7, 11) is 0. The average Bonchev–Trinajstić information content (AvgIpc) is 2.01. The Morgan fingerprint density at radius 2 is 2.07 bits per heavy atom. The van der Waals surface area contributed by atoms with Crippen LogP contribution in [-0.4, -0.2) is 17.6 Å². The Kier molecular flexibility index (Phi) is 5.46. The molecule has 0 aliphatic heterocycles. The minimum Gasteiger partial charge on any atom is -0.459 e. The second-order valence-electron chi connectivity index (χ2n) is 4.28. The van der Waals surface area contributed by atoms with Gasteiger partial charge in [-0.05, 0) is 27.2 Å². The van der Waals surface area contributed by atoms with Crippen LogP contribution in [0.3, 0.4) is 0 Å². The maximum atomic E-state index is 11.4. The molecule has 0 aromatic heterocycles. The van der Waals surface area contributed by atoms with Crippen LogP contribution in [0.15, 0.2) is 12.2 Å². The van der Waals surface area contributed by atoms with E-state index in [9.17, 15) is 4.79 Å². The van der Waals surface area contributed by atoms with E-state index in [4.69, 9.17) is 10.5 Å². The van der Waals surface area contributed by atoms with Crippen molar-refractivity contribution in [2.45, 2.75) is 52.2 Å². The zero-order valence-electron chi connectivity index (χ0n) is 9.54. The van der Waals surface area contributed by atoms with Gasteiger partial charge in [0.2, 0.25) is 0 Å². The van der Waals surface area contributed by atoms with Gasteiger partial charge in [-0.15, -0.1) is 0 Å². The third-order valence-electron chi connectivity index (χ3n) is 1.48. The number of hydrogen-bond acceptors (Lipinski definition) is 3. The summed E-state index contributed by atoms with van der Waals surface area (Å²) >= 11 is 0. The van der Waals surface area contributed by atoms with Crippen LogP contribution in [0.25, 0.3) is 0 Å². The first-order valence-corrected chi connectivity index (χ1v) is 5.02. The number of ether oxygens (including phenoxy) is 1. The molecule has 0 aliphatic carbocycles. The van der Waals surface area contributed by atoms with Crippen molar-refractivity contribution in [2.24, 2.45) is 5.73 Å². The first-order chi connectivity index (χ1) is 6.37. The molecule has 0 aromatic carbocycles. The molecule has 0 aliphatic rings. The van der Waals surface area contributed by atoms with Crippen molar-refractivity contribution in [3.05, 3.63) is 12.2 Å². The molecule has 0 heterocycles. The number of rotatable bonds is 4. The van der Waals surface area contributed by atoms with Gasteiger partial charge < -0.3 is 10.5 Å². The molecule has 1 unspecified atom stereocenters. The molecule has 0 bridgehead atoms. The lowest BCUT2D eigenvalue weighted by Gasteiger charge is -2.20. The summed E-state index contributed by atoms with van der Waals surface area (Å²) in [5.74, 6) is -0.371. The molecule has 1 atom stereocenters. The van der Waals surface area contributed by atoms with E-state index >= 15 is 0 Å². The predicted octanol–water partition coefficient (Wildman–Crippen LogP) is 2.01. The largest absolute Gasteiger partial charge is 0.459 e. The van der Waals surface area contributed by atoms with Gasteiger partial charge in [0.15, 0.2) is 0 Å². The van der Waals surface area contributed by atoms with E-state index in [0.29, 0.717) is 0 Å². The minimum absolute atomic E-state index is 0.371. The lowest BCUT2D eigenvalue weighted by molar-refractivity contribution is -0.155. The van der Waals surface area contributed by atoms with Crippen molar-refractivity contribution >= 4 is 5.97 Å². The maximum Gasteiger partial charge on any atom is 0.327 e. The van der Waals surface area contributed by atoms with Crippen LogP contribution < -0.4 is 5.73 Å². The molecule has 0 spiro atoms. The van der Waals surface area contributed by atoms with Gasteiger partial charge in [-0.25, -0.2) is 4.79 Å². The fraction of sp³-hybridized carbons (Fsp3) is 0.727. The average molecular weight is 199 g/mol. The zero-order valence-corrected chi connectivity index (χ0v) is 9.54. The Hall–Kier alpha value is -0.830. The summed E-state index contributed by atoms with van der Waals surface area (Å²) in [5, 5.41) is 0. The molecular formula is C11H21NO2. The summed E-state index contributed by atoms with van der Waals surface area (Å²) in [6, 6.07) is -0.638. The van der Waals surface area contributed by atoms with E-state index in [1.54, 1.807) is 6.08 Å². The molecule has 3 heteroatoms. The molecule has 0 radical (unpaired) electrons. The number of carbonyl (C=O) groups excluding carboxylic acids is 1. The Morgan fingerprint density at radius 3 is 2.50 bits per heavy atom. The van der Waals surface area contributed by atoms with Gasteiger partial charge in [0.25, 0.3) is 0 Å². The standard InChI is InChI=1S/C11H21NO2/c1-5-6-7-8-9(12)10(13)14-11(2,3)4/h7-9H,5-6,12H2,1-4H3/b8-7-. The highest BCUT2D eigenvalue weighted by molar-refractivity contribution is 5.78. The molecule has 2 N–H and O–H groups in total. The number of esters is 1. The third-order valence-corrected chi connectivity index (χ3v) is 1.48. The molecule has 0 fully saturated rings. The third kappa shape index (κ3) is 6.66. The topological polar surface area (TPSA) is 52.3 Å². The number of carbonyl (C=O) groups is 1. The van der Waals surface area contributed by atoms with E-state index in [0.717, 1.165) is 12.8 Å². The van der Waals surface area contributed by atoms with Crippen molar-refractivity contribution in [1.82, 2.24) is 0 Å². The highest BCUT2D eigenvalue weighted by Crippen LogP contribution is 2.08. The lowest BCUT2D eigenvalue weighted by Crippen LogP contribution is -2.35. The molecule has 3 nitrogen and oxygen atoms in total. The predicted molar refractivity (Wildman–Crippen MR) is 57.9 cm³/mol. The van der Waals surface area contributed by atoms with Crippen LogP contribution in [0.1, 0.15) is 40.5 Å². The Morgan fingerprint density at radius 1 is 1.50 bits per heavy atom. The van der Waals surface area contributed by atoms with E-state index in [-0.39, 0.29) is 5.97 Å². The fourth-order valence-electron chi connectivity index (χ4n) is 0.858. The summed E-state index contributed by atoms with van der Waals surface area (Å²) in [4.78, 5) is 11.4. The molecule has 0 amide bonds. The van der Waals surface area contributed by atoms with Crippen LogP contribution in [0.2, 0.25) is 0 Å². The SMILES string of the molecule is CCC/C=C\C(N)C(=O)OC(C)(C)C. The van der Waals surface area contributed by atoms with E-state index in [2.05, 4.69) is 6.92 Å². The highest BCUT2D eigenvalue weighted by Gasteiger charge is 2.19. The smallest absolute Gasteiger partial charge is 0.327 e. The maximum absolute atomic E-state index is 11.4. The first-order valence-electron chi connectivity index (χ1n) is 5.02. The van der Waals surface area contributed by atoms with E-state index < -0.39 is 11.6 Å². The number of unbranched alkanes of at least 4 members (excludes halogenated alkanes) is 1. The monoisotopic (exact) mass is 199 g/mol. The number of nitrogens with two attached hydrogens (primary N) is 1. The quantitative estimate of drug-likeness (QED) is 0.556.